The monoisotopic (exact) mass is 261 g/mol. The second-order valence-corrected chi connectivity index (χ2v) is 5.40. The van der Waals surface area contributed by atoms with Gasteiger partial charge in [-0.2, -0.15) is 0 Å². The molecule has 0 atom stereocenters. The zero-order valence-corrected chi connectivity index (χ0v) is 12.7. The first-order valence-corrected chi connectivity index (χ1v) is 7.15. The molecule has 0 aromatic heterocycles. The van der Waals surface area contributed by atoms with Crippen LogP contribution in [0.1, 0.15) is 39.7 Å². The van der Waals surface area contributed by atoms with Crippen LogP contribution in [0.3, 0.4) is 0 Å². The predicted octanol–water partition coefficient (Wildman–Crippen LogP) is 4.22. The van der Waals surface area contributed by atoms with E-state index >= 15 is 0 Å². The molecule has 0 aliphatic rings. The van der Waals surface area contributed by atoms with Crippen molar-refractivity contribution in [1.82, 2.24) is 4.90 Å². The van der Waals surface area contributed by atoms with Gasteiger partial charge in [-0.25, -0.2) is 0 Å². The summed E-state index contributed by atoms with van der Waals surface area (Å²) < 4.78 is 5.75. The second-order valence-electron chi connectivity index (χ2n) is 5.40. The second kappa shape index (κ2) is 8.00. The first-order chi connectivity index (χ1) is 9.04. The summed E-state index contributed by atoms with van der Waals surface area (Å²) in [6.07, 6.45) is 2.90. The SMILES string of the molecule is C=Cc1ccc(OCCCN(C(C)C)C(C)C)cc1. The largest absolute Gasteiger partial charge is 0.494 e. The van der Waals surface area contributed by atoms with Gasteiger partial charge in [0.2, 0.25) is 0 Å². The highest BCUT2D eigenvalue weighted by atomic mass is 16.5. The van der Waals surface area contributed by atoms with Crippen LogP contribution in [0.4, 0.5) is 0 Å². The molecule has 106 valence electrons. The predicted molar refractivity (Wildman–Crippen MR) is 83.6 cm³/mol. The lowest BCUT2D eigenvalue weighted by Crippen LogP contribution is -2.38. The van der Waals surface area contributed by atoms with Crippen molar-refractivity contribution < 1.29 is 4.74 Å². The Labute approximate surface area is 118 Å². The number of rotatable bonds is 8. The molecule has 1 aromatic carbocycles. The van der Waals surface area contributed by atoms with Crippen LogP contribution < -0.4 is 4.74 Å². The van der Waals surface area contributed by atoms with Crippen molar-refractivity contribution >= 4 is 6.08 Å². The molecule has 0 N–H and O–H groups in total. The van der Waals surface area contributed by atoms with E-state index in [-0.39, 0.29) is 0 Å². The van der Waals surface area contributed by atoms with E-state index in [2.05, 4.69) is 39.2 Å². The summed E-state index contributed by atoms with van der Waals surface area (Å²) in [6, 6.07) is 9.23. The first-order valence-electron chi connectivity index (χ1n) is 7.15. The van der Waals surface area contributed by atoms with Crippen LogP contribution in [0, 0.1) is 0 Å². The summed E-state index contributed by atoms with van der Waals surface area (Å²) in [5, 5.41) is 0. The normalized spacial score (nSPS) is 11.3. The minimum atomic E-state index is 0.590. The van der Waals surface area contributed by atoms with Crippen molar-refractivity contribution in [1.29, 1.82) is 0 Å². The summed E-state index contributed by atoms with van der Waals surface area (Å²) >= 11 is 0. The third-order valence-corrected chi connectivity index (χ3v) is 3.27. The number of hydrogen-bond donors (Lipinski definition) is 0. The maximum Gasteiger partial charge on any atom is 0.119 e. The van der Waals surface area contributed by atoms with E-state index in [4.69, 9.17) is 4.74 Å². The number of benzene rings is 1. The van der Waals surface area contributed by atoms with Crippen LogP contribution in [-0.2, 0) is 0 Å². The molecule has 1 aromatic rings. The van der Waals surface area contributed by atoms with E-state index in [0.717, 1.165) is 30.9 Å². The average molecular weight is 261 g/mol. The van der Waals surface area contributed by atoms with Gasteiger partial charge in [-0.1, -0.05) is 24.8 Å². The highest BCUT2D eigenvalue weighted by Crippen LogP contribution is 2.13. The summed E-state index contributed by atoms with van der Waals surface area (Å²) in [7, 11) is 0. The maximum absolute atomic E-state index is 5.75. The highest BCUT2D eigenvalue weighted by molar-refractivity contribution is 5.48. The lowest BCUT2D eigenvalue weighted by atomic mass is 10.2. The van der Waals surface area contributed by atoms with Crippen molar-refractivity contribution in [2.24, 2.45) is 0 Å². The minimum absolute atomic E-state index is 0.590. The fraction of sp³-hybridized carbons (Fsp3) is 0.529. The van der Waals surface area contributed by atoms with E-state index in [1.165, 1.54) is 0 Å². The van der Waals surface area contributed by atoms with Crippen LogP contribution in [0.15, 0.2) is 30.8 Å². The van der Waals surface area contributed by atoms with E-state index in [9.17, 15) is 0 Å². The topological polar surface area (TPSA) is 12.5 Å². The van der Waals surface area contributed by atoms with Gasteiger partial charge >= 0.3 is 0 Å². The molecule has 2 heteroatoms. The Hall–Kier alpha value is -1.28. The van der Waals surface area contributed by atoms with E-state index in [0.29, 0.717) is 12.1 Å². The summed E-state index contributed by atoms with van der Waals surface area (Å²) in [4.78, 5) is 2.49. The molecular formula is C17H27NO. The summed E-state index contributed by atoms with van der Waals surface area (Å²) in [6.45, 7) is 14.6. The molecule has 0 unspecified atom stereocenters. The molecule has 0 saturated carbocycles. The van der Waals surface area contributed by atoms with Gasteiger partial charge in [-0.05, 0) is 51.8 Å². The lowest BCUT2D eigenvalue weighted by molar-refractivity contribution is 0.160. The smallest absolute Gasteiger partial charge is 0.119 e. The van der Waals surface area contributed by atoms with E-state index < -0.39 is 0 Å². The molecule has 0 bridgehead atoms. The maximum atomic E-state index is 5.75. The van der Waals surface area contributed by atoms with Gasteiger partial charge < -0.3 is 4.74 Å². The van der Waals surface area contributed by atoms with Gasteiger partial charge in [0.1, 0.15) is 5.75 Å². The van der Waals surface area contributed by atoms with Gasteiger partial charge in [0.15, 0.2) is 0 Å². The molecular weight excluding hydrogens is 234 g/mol. The Balaban J connectivity index is 2.31. The molecule has 0 radical (unpaired) electrons. The number of nitrogens with zero attached hydrogens (tertiary/aromatic N) is 1. The van der Waals surface area contributed by atoms with Crippen LogP contribution in [0.2, 0.25) is 0 Å². The van der Waals surface area contributed by atoms with Gasteiger partial charge in [0.05, 0.1) is 6.61 Å². The lowest BCUT2D eigenvalue weighted by Gasteiger charge is -2.30. The molecule has 1 rings (SSSR count). The number of hydrogen-bond acceptors (Lipinski definition) is 2. The van der Waals surface area contributed by atoms with Gasteiger partial charge in [0, 0.05) is 18.6 Å². The quantitative estimate of drug-likeness (QED) is 0.650. The molecule has 0 spiro atoms. The molecule has 19 heavy (non-hydrogen) atoms. The molecule has 0 heterocycles. The van der Waals surface area contributed by atoms with E-state index in [1.807, 2.05) is 30.3 Å². The van der Waals surface area contributed by atoms with Crippen molar-refractivity contribution in [2.75, 3.05) is 13.2 Å². The van der Waals surface area contributed by atoms with Crippen LogP contribution in [0.25, 0.3) is 6.08 Å². The third kappa shape index (κ3) is 5.48. The van der Waals surface area contributed by atoms with E-state index in [1.54, 1.807) is 0 Å². The Morgan fingerprint density at radius 3 is 2.16 bits per heavy atom. The van der Waals surface area contributed by atoms with Crippen LogP contribution in [-0.4, -0.2) is 30.1 Å². The van der Waals surface area contributed by atoms with Gasteiger partial charge in [0.25, 0.3) is 0 Å². The highest BCUT2D eigenvalue weighted by Gasteiger charge is 2.12. The third-order valence-electron chi connectivity index (χ3n) is 3.27. The Kier molecular flexibility index (Phi) is 6.65. The molecule has 0 aliphatic carbocycles. The fourth-order valence-electron chi connectivity index (χ4n) is 2.25. The number of ether oxygens (including phenoxy) is 1. The Morgan fingerprint density at radius 2 is 1.68 bits per heavy atom. The van der Waals surface area contributed by atoms with Crippen molar-refractivity contribution in [3.63, 3.8) is 0 Å². The molecule has 0 saturated heterocycles. The standard InChI is InChI=1S/C17H27NO/c1-6-16-8-10-17(11-9-16)19-13-7-12-18(14(2)3)15(4)5/h6,8-11,14-15H,1,7,12-13H2,2-5H3. The molecule has 2 nitrogen and oxygen atoms in total. The summed E-state index contributed by atoms with van der Waals surface area (Å²) in [5.74, 6) is 0.936. The van der Waals surface area contributed by atoms with Crippen LogP contribution >= 0.6 is 0 Å². The fourth-order valence-corrected chi connectivity index (χ4v) is 2.25. The van der Waals surface area contributed by atoms with Gasteiger partial charge in [-0.3, -0.25) is 4.90 Å². The summed E-state index contributed by atoms with van der Waals surface area (Å²) in [5.41, 5.74) is 1.12. The van der Waals surface area contributed by atoms with Gasteiger partial charge in [-0.15, -0.1) is 0 Å². The van der Waals surface area contributed by atoms with Crippen LogP contribution in [0.5, 0.6) is 5.75 Å². The molecule has 0 fully saturated rings. The minimum Gasteiger partial charge on any atom is -0.494 e. The van der Waals surface area contributed by atoms with Crippen molar-refractivity contribution in [3.8, 4) is 5.75 Å². The van der Waals surface area contributed by atoms with Crippen molar-refractivity contribution in [2.45, 2.75) is 46.2 Å². The molecule has 0 amide bonds. The first kappa shape index (κ1) is 15.8. The average Bonchev–Trinajstić information content (AvgIpc) is 2.38. The zero-order valence-electron chi connectivity index (χ0n) is 12.7. The zero-order chi connectivity index (χ0) is 14.3. The Morgan fingerprint density at radius 1 is 1.11 bits per heavy atom. The molecule has 0 aliphatic heterocycles. The van der Waals surface area contributed by atoms with Crippen molar-refractivity contribution in [3.05, 3.63) is 36.4 Å². The Bertz CT molecular complexity index is 359.